The molecule has 7 heteroatoms. The van der Waals surface area contributed by atoms with Crippen molar-refractivity contribution in [3.05, 3.63) is 58.1 Å². The molecule has 0 aromatic heterocycles. The number of carbonyl (C=O) groups excluding carboxylic acids is 1. The fourth-order valence-electron chi connectivity index (χ4n) is 2.82. The van der Waals surface area contributed by atoms with E-state index in [-0.39, 0.29) is 10.8 Å². The first kappa shape index (κ1) is 17.9. The van der Waals surface area contributed by atoms with Gasteiger partial charge in [-0.3, -0.25) is 9.52 Å². The minimum absolute atomic E-state index is 0.0866. The average molecular weight is 423 g/mol. The summed E-state index contributed by atoms with van der Waals surface area (Å²) >= 11 is 3.32. The highest BCUT2D eigenvalue weighted by Gasteiger charge is 2.23. The first-order valence-corrected chi connectivity index (χ1v) is 10.3. The Kier molecular flexibility index (Phi) is 5.15. The molecule has 25 heavy (non-hydrogen) atoms. The number of anilines is 1. The van der Waals surface area contributed by atoms with Crippen molar-refractivity contribution in [3.8, 4) is 0 Å². The van der Waals surface area contributed by atoms with Gasteiger partial charge in [0.25, 0.3) is 15.9 Å². The molecular weight excluding hydrogens is 404 g/mol. The van der Waals surface area contributed by atoms with Crippen molar-refractivity contribution in [3.63, 3.8) is 0 Å². The zero-order valence-corrected chi connectivity index (χ0v) is 16.2. The molecule has 0 bridgehead atoms. The molecule has 0 atom stereocenters. The van der Waals surface area contributed by atoms with Crippen LogP contribution in [-0.2, 0) is 10.0 Å². The maximum absolute atomic E-state index is 12.6. The number of rotatable bonds is 4. The van der Waals surface area contributed by atoms with Gasteiger partial charge >= 0.3 is 0 Å². The van der Waals surface area contributed by atoms with Gasteiger partial charge in [0.1, 0.15) is 0 Å². The Hall–Kier alpha value is -1.86. The number of nitrogens with zero attached hydrogens (tertiary/aromatic N) is 1. The summed E-state index contributed by atoms with van der Waals surface area (Å²) in [4.78, 5) is 14.5. The maximum Gasteiger partial charge on any atom is 0.261 e. The van der Waals surface area contributed by atoms with E-state index >= 15 is 0 Å². The molecule has 1 aliphatic heterocycles. The van der Waals surface area contributed by atoms with Gasteiger partial charge in [-0.1, -0.05) is 22.0 Å². The van der Waals surface area contributed by atoms with Crippen LogP contribution in [0.15, 0.2) is 51.8 Å². The molecule has 1 N–H and O–H groups in total. The zero-order valence-electron chi connectivity index (χ0n) is 13.8. The standard InChI is InChI=1S/C18H19BrN2O3S/c1-13-4-9-16(12-17(13)18(22)21-10-2-3-11-21)25(23,24)20-15-7-5-14(19)6-8-15/h4-9,12,20H,2-3,10-11H2,1H3. The summed E-state index contributed by atoms with van der Waals surface area (Å²) in [6, 6.07) is 11.5. The quantitative estimate of drug-likeness (QED) is 0.814. The predicted molar refractivity (Wildman–Crippen MR) is 101 cm³/mol. The van der Waals surface area contributed by atoms with Crippen LogP contribution in [-0.4, -0.2) is 32.3 Å². The number of sulfonamides is 1. The molecule has 0 radical (unpaired) electrons. The lowest BCUT2D eigenvalue weighted by atomic mass is 10.1. The van der Waals surface area contributed by atoms with Gasteiger partial charge in [0.15, 0.2) is 0 Å². The molecule has 0 saturated carbocycles. The number of nitrogens with one attached hydrogen (secondary N) is 1. The number of halogens is 1. The molecular formula is C18H19BrN2O3S. The van der Waals surface area contributed by atoms with Gasteiger partial charge in [-0.2, -0.15) is 0 Å². The van der Waals surface area contributed by atoms with E-state index in [0.717, 1.165) is 36.0 Å². The third kappa shape index (κ3) is 4.04. The van der Waals surface area contributed by atoms with Crippen LogP contribution in [0.2, 0.25) is 0 Å². The van der Waals surface area contributed by atoms with Crippen molar-refractivity contribution in [1.29, 1.82) is 0 Å². The highest BCUT2D eigenvalue weighted by Crippen LogP contribution is 2.22. The minimum atomic E-state index is -3.76. The fraction of sp³-hybridized carbons (Fsp3) is 0.278. The van der Waals surface area contributed by atoms with Gasteiger partial charge in [0.2, 0.25) is 0 Å². The van der Waals surface area contributed by atoms with Crippen LogP contribution in [0.5, 0.6) is 0 Å². The van der Waals surface area contributed by atoms with Gasteiger partial charge in [0.05, 0.1) is 4.90 Å². The van der Waals surface area contributed by atoms with Crippen LogP contribution in [0.25, 0.3) is 0 Å². The number of carbonyl (C=O) groups is 1. The summed E-state index contributed by atoms with van der Waals surface area (Å²) in [7, 11) is -3.76. The SMILES string of the molecule is Cc1ccc(S(=O)(=O)Nc2ccc(Br)cc2)cc1C(=O)N1CCCC1. The van der Waals surface area contributed by atoms with Crippen molar-refractivity contribution in [1.82, 2.24) is 4.90 Å². The van der Waals surface area contributed by atoms with Crippen molar-refractivity contribution < 1.29 is 13.2 Å². The molecule has 1 amide bonds. The lowest BCUT2D eigenvalue weighted by molar-refractivity contribution is 0.0792. The van der Waals surface area contributed by atoms with Crippen molar-refractivity contribution in [2.45, 2.75) is 24.7 Å². The molecule has 3 rings (SSSR count). The number of hydrogen-bond acceptors (Lipinski definition) is 3. The minimum Gasteiger partial charge on any atom is -0.339 e. The lowest BCUT2D eigenvalue weighted by Crippen LogP contribution is -2.28. The molecule has 2 aromatic rings. The van der Waals surface area contributed by atoms with Crippen molar-refractivity contribution in [2.24, 2.45) is 0 Å². The van der Waals surface area contributed by atoms with Crippen LogP contribution >= 0.6 is 15.9 Å². The van der Waals surface area contributed by atoms with Gasteiger partial charge in [-0.15, -0.1) is 0 Å². The van der Waals surface area contributed by atoms with Crippen LogP contribution in [0.3, 0.4) is 0 Å². The first-order chi connectivity index (χ1) is 11.9. The summed E-state index contributed by atoms with van der Waals surface area (Å²) in [5.74, 6) is -0.101. The summed E-state index contributed by atoms with van der Waals surface area (Å²) in [6.07, 6.45) is 1.99. The molecule has 0 unspecified atom stereocenters. The number of amides is 1. The molecule has 1 heterocycles. The predicted octanol–water partition coefficient (Wildman–Crippen LogP) is 3.79. The van der Waals surface area contributed by atoms with Crippen LogP contribution < -0.4 is 4.72 Å². The van der Waals surface area contributed by atoms with Crippen molar-refractivity contribution >= 4 is 37.5 Å². The van der Waals surface area contributed by atoms with E-state index < -0.39 is 10.0 Å². The zero-order chi connectivity index (χ0) is 18.0. The Morgan fingerprint density at radius 1 is 1.08 bits per heavy atom. The van der Waals surface area contributed by atoms with Gasteiger partial charge in [-0.05, 0) is 61.7 Å². The van der Waals surface area contributed by atoms with Crippen molar-refractivity contribution in [2.75, 3.05) is 17.8 Å². The molecule has 132 valence electrons. The first-order valence-electron chi connectivity index (χ1n) is 8.05. The second-order valence-electron chi connectivity index (χ2n) is 6.09. The highest BCUT2D eigenvalue weighted by molar-refractivity contribution is 9.10. The number of likely N-dealkylation sites (tertiary alicyclic amines) is 1. The second kappa shape index (κ2) is 7.17. The molecule has 1 fully saturated rings. The maximum atomic E-state index is 12.6. The monoisotopic (exact) mass is 422 g/mol. The summed E-state index contributed by atoms with van der Waals surface area (Å²) < 4.78 is 28.7. The van der Waals surface area contributed by atoms with E-state index in [1.165, 1.54) is 12.1 Å². The highest BCUT2D eigenvalue weighted by atomic mass is 79.9. The molecule has 1 saturated heterocycles. The largest absolute Gasteiger partial charge is 0.339 e. The molecule has 0 aliphatic carbocycles. The summed E-state index contributed by atoms with van der Waals surface area (Å²) in [5, 5.41) is 0. The Morgan fingerprint density at radius 3 is 2.36 bits per heavy atom. The Labute approximate surface area is 156 Å². The molecule has 5 nitrogen and oxygen atoms in total. The van der Waals surface area contributed by atoms with Crippen LogP contribution in [0, 0.1) is 6.92 Å². The number of benzene rings is 2. The van der Waals surface area contributed by atoms with Gasteiger partial charge in [-0.25, -0.2) is 8.42 Å². The van der Waals surface area contributed by atoms with E-state index in [2.05, 4.69) is 20.7 Å². The normalized spacial score (nSPS) is 14.6. The Morgan fingerprint density at radius 2 is 1.72 bits per heavy atom. The summed E-state index contributed by atoms with van der Waals surface area (Å²) in [6.45, 7) is 3.28. The van der Waals surface area contributed by atoms with E-state index in [1.54, 1.807) is 35.2 Å². The van der Waals surface area contributed by atoms with E-state index in [1.807, 2.05) is 6.92 Å². The smallest absolute Gasteiger partial charge is 0.261 e. The molecule has 0 spiro atoms. The van der Waals surface area contributed by atoms with E-state index in [9.17, 15) is 13.2 Å². The molecule has 1 aliphatic rings. The third-order valence-corrected chi connectivity index (χ3v) is 6.15. The topological polar surface area (TPSA) is 66.5 Å². The second-order valence-corrected chi connectivity index (χ2v) is 8.69. The number of aryl methyl sites for hydroxylation is 1. The summed E-state index contributed by atoms with van der Waals surface area (Å²) in [5.41, 5.74) is 1.69. The average Bonchev–Trinajstić information content (AvgIpc) is 3.11. The Bertz CT molecular complexity index is 889. The van der Waals surface area contributed by atoms with Gasteiger partial charge in [0, 0.05) is 28.8 Å². The number of hydrogen-bond donors (Lipinski definition) is 1. The third-order valence-electron chi connectivity index (χ3n) is 4.24. The molecule has 2 aromatic carbocycles. The fourth-order valence-corrected chi connectivity index (χ4v) is 4.17. The van der Waals surface area contributed by atoms with Gasteiger partial charge < -0.3 is 4.90 Å². The van der Waals surface area contributed by atoms with E-state index in [4.69, 9.17) is 0 Å². The van der Waals surface area contributed by atoms with Crippen LogP contribution in [0.4, 0.5) is 5.69 Å². The van der Waals surface area contributed by atoms with E-state index in [0.29, 0.717) is 11.3 Å². The Balaban J connectivity index is 1.89. The lowest BCUT2D eigenvalue weighted by Gasteiger charge is -2.17. The van der Waals surface area contributed by atoms with Crippen LogP contribution in [0.1, 0.15) is 28.8 Å².